The lowest BCUT2D eigenvalue weighted by molar-refractivity contribution is 0.102. The van der Waals surface area contributed by atoms with E-state index in [1.165, 1.54) is 11.3 Å². The van der Waals surface area contributed by atoms with Gasteiger partial charge in [0.25, 0.3) is 5.91 Å². The number of carbonyl (C=O) groups is 1. The molecule has 0 radical (unpaired) electrons. The van der Waals surface area contributed by atoms with Crippen LogP contribution in [-0.4, -0.2) is 15.9 Å². The van der Waals surface area contributed by atoms with Gasteiger partial charge in [-0.15, -0.1) is 22.7 Å². The van der Waals surface area contributed by atoms with Crippen molar-refractivity contribution in [1.82, 2.24) is 9.97 Å². The van der Waals surface area contributed by atoms with E-state index in [4.69, 9.17) is 28.2 Å². The van der Waals surface area contributed by atoms with Crippen LogP contribution in [0.3, 0.4) is 0 Å². The first kappa shape index (κ1) is 20.2. The fourth-order valence-corrected chi connectivity index (χ4v) is 5.01. The van der Waals surface area contributed by atoms with Crippen LogP contribution in [0, 0.1) is 0 Å². The zero-order chi connectivity index (χ0) is 21.4. The molecule has 2 aromatic carbocycles. The summed E-state index contributed by atoms with van der Waals surface area (Å²) in [6.45, 7) is 0. The number of hydrogen-bond acceptors (Lipinski definition) is 5. The molecule has 0 spiro atoms. The van der Waals surface area contributed by atoms with Crippen LogP contribution < -0.4 is 5.32 Å². The van der Waals surface area contributed by atoms with Crippen molar-refractivity contribution in [3.8, 4) is 21.8 Å². The molecule has 8 heteroatoms. The molecule has 0 unspecified atom stereocenters. The van der Waals surface area contributed by atoms with Crippen LogP contribution >= 0.6 is 45.9 Å². The minimum absolute atomic E-state index is 0.241. The molecule has 31 heavy (non-hydrogen) atoms. The summed E-state index contributed by atoms with van der Waals surface area (Å²) in [6.07, 6.45) is 0. The highest BCUT2D eigenvalue weighted by molar-refractivity contribution is 7.14. The molecule has 0 saturated heterocycles. The molecule has 0 aliphatic carbocycles. The number of pyridine rings is 1. The molecule has 5 aromatic rings. The van der Waals surface area contributed by atoms with Crippen LogP contribution in [-0.2, 0) is 0 Å². The molecule has 3 heterocycles. The predicted octanol–water partition coefficient (Wildman–Crippen LogP) is 7.65. The summed E-state index contributed by atoms with van der Waals surface area (Å²) < 4.78 is 0. The van der Waals surface area contributed by atoms with E-state index in [-0.39, 0.29) is 5.91 Å². The summed E-state index contributed by atoms with van der Waals surface area (Å²) >= 11 is 15.3. The molecule has 0 aliphatic rings. The zero-order valence-corrected chi connectivity index (χ0v) is 18.9. The van der Waals surface area contributed by atoms with E-state index >= 15 is 0 Å². The summed E-state index contributed by atoms with van der Waals surface area (Å²) in [5, 5.41) is 9.14. The van der Waals surface area contributed by atoms with Gasteiger partial charge >= 0.3 is 0 Å². The lowest BCUT2D eigenvalue weighted by Crippen LogP contribution is -2.13. The van der Waals surface area contributed by atoms with Gasteiger partial charge in [-0.2, -0.15) is 0 Å². The Morgan fingerprint density at radius 3 is 2.61 bits per heavy atom. The maximum atomic E-state index is 13.2. The Morgan fingerprint density at radius 1 is 0.903 bits per heavy atom. The molecule has 3 aromatic heterocycles. The number of nitrogens with zero attached hydrogens (tertiary/aromatic N) is 2. The topological polar surface area (TPSA) is 54.9 Å². The SMILES string of the molecule is O=C(Nc1nc(-c2cc(Cl)ccc2Cl)cs1)c1cc(-c2cccs2)nc2ccccc12. The van der Waals surface area contributed by atoms with Crippen molar-refractivity contribution in [3.63, 3.8) is 0 Å². The normalized spacial score (nSPS) is 11.0. The third-order valence-electron chi connectivity index (χ3n) is 4.66. The largest absolute Gasteiger partial charge is 0.298 e. The van der Waals surface area contributed by atoms with Gasteiger partial charge in [-0.3, -0.25) is 10.1 Å². The van der Waals surface area contributed by atoms with Crippen LogP contribution in [0.5, 0.6) is 0 Å². The molecular weight excluding hydrogens is 469 g/mol. The first-order valence-electron chi connectivity index (χ1n) is 9.24. The number of amides is 1. The quantitative estimate of drug-likeness (QED) is 0.286. The predicted molar refractivity (Wildman–Crippen MR) is 131 cm³/mol. The van der Waals surface area contributed by atoms with Gasteiger partial charge in [-0.1, -0.05) is 47.5 Å². The van der Waals surface area contributed by atoms with Crippen molar-refractivity contribution in [2.24, 2.45) is 0 Å². The van der Waals surface area contributed by atoms with Crippen LogP contribution in [0.15, 0.2) is 71.4 Å². The molecule has 0 atom stereocenters. The first-order chi connectivity index (χ1) is 15.1. The van der Waals surface area contributed by atoms with Gasteiger partial charge in [-0.25, -0.2) is 9.97 Å². The van der Waals surface area contributed by atoms with Gasteiger partial charge in [0.15, 0.2) is 5.13 Å². The summed E-state index contributed by atoms with van der Waals surface area (Å²) in [7, 11) is 0. The molecule has 0 saturated carbocycles. The number of thiophene rings is 1. The van der Waals surface area contributed by atoms with Gasteiger partial charge in [0.1, 0.15) is 0 Å². The van der Waals surface area contributed by atoms with E-state index in [2.05, 4.69) is 10.3 Å². The number of anilines is 1. The lowest BCUT2D eigenvalue weighted by Gasteiger charge is -2.08. The fourth-order valence-electron chi connectivity index (χ4n) is 3.23. The third kappa shape index (κ3) is 4.07. The number of fused-ring (bicyclic) bond motifs is 1. The lowest BCUT2D eigenvalue weighted by atomic mass is 10.1. The Morgan fingerprint density at radius 2 is 1.77 bits per heavy atom. The minimum atomic E-state index is -0.241. The zero-order valence-electron chi connectivity index (χ0n) is 15.8. The van der Waals surface area contributed by atoms with Gasteiger partial charge in [0.2, 0.25) is 0 Å². The standard InChI is InChI=1S/C23H13Cl2N3OS2/c24-13-7-8-17(25)16(10-13)20-12-31-23(27-20)28-22(29)15-11-19(21-6-3-9-30-21)26-18-5-2-1-4-14(15)18/h1-12H,(H,27,28,29). The van der Waals surface area contributed by atoms with E-state index in [0.717, 1.165) is 27.0 Å². The minimum Gasteiger partial charge on any atom is -0.298 e. The molecule has 0 aliphatic heterocycles. The van der Waals surface area contributed by atoms with Gasteiger partial charge in [0.05, 0.1) is 32.4 Å². The monoisotopic (exact) mass is 481 g/mol. The van der Waals surface area contributed by atoms with E-state index in [9.17, 15) is 4.79 Å². The second-order valence-electron chi connectivity index (χ2n) is 6.67. The number of para-hydroxylation sites is 1. The van der Waals surface area contributed by atoms with Crippen LogP contribution in [0.25, 0.3) is 32.7 Å². The van der Waals surface area contributed by atoms with Crippen molar-refractivity contribution < 1.29 is 4.79 Å². The molecule has 152 valence electrons. The molecule has 0 fully saturated rings. The molecule has 4 nitrogen and oxygen atoms in total. The number of carbonyl (C=O) groups excluding carboxylic acids is 1. The van der Waals surface area contributed by atoms with Crippen LogP contribution in [0.4, 0.5) is 5.13 Å². The highest BCUT2D eigenvalue weighted by atomic mass is 35.5. The molecule has 1 amide bonds. The van der Waals surface area contributed by atoms with E-state index in [0.29, 0.717) is 26.4 Å². The molecular formula is C23H13Cl2N3OS2. The summed E-state index contributed by atoms with van der Waals surface area (Å²) in [6, 6.07) is 18.6. The van der Waals surface area contributed by atoms with Gasteiger partial charge < -0.3 is 0 Å². The number of aromatic nitrogens is 2. The maximum Gasteiger partial charge on any atom is 0.258 e. The van der Waals surface area contributed by atoms with Crippen LogP contribution in [0.2, 0.25) is 10.0 Å². The highest BCUT2D eigenvalue weighted by Gasteiger charge is 2.17. The van der Waals surface area contributed by atoms with E-state index in [1.807, 2.05) is 53.2 Å². The maximum absolute atomic E-state index is 13.2. The highest BCUT2D eigenvalue weighted by Crippen LogP contribution is 2.33. The van der Waals surface area contributed by atoms with Crippen molar-refractivity contribution in [3.05, 3.63) is 87.0 Å². The second kappa shape index (κ2) is 8.40. The van der Waals surface area contributed by atoms with Gasteiger partial charge in [-0.05, 0) is 41.8 Å². The van der Waals surface area contributed by atoms with Crippen LogP contribution in [0.1, 0.15) is 10.4 Å². The molecule has 0 bridgehead atoms. The number of benzene rings is 2. The number of thiazole rings is 1. The van der Waals surface area contributed by atoms with Crippen molar-refractivity contribution >= 4 is 67.8 Å². The first-order valence-corrected chi connectivity index (χ1v) is 11.8. The van der Waals surface area contributed by atoms with Gasteiger partial charge in [0, 0.05) is 21.4 Å². The summed E-state index contributed by atoms with van der Waals surface area (Å²) in [5.74, 6) is -0.241. The Balaban J connectivity index is 1.50. The van der Waals surface area contributed by atoms with Crippen molar-refractivity contribution in [2.75, 3.05) is 5.32 Å². The Hall–Kier alpha value is -2.77. The Bertz CT molecular complexity index is 1410. The molecule has 5 rings (SSSR count). The molecule has 1 N–H and O–H groups in total. The fraction of sp³-hybridized carbons (Fsp3) is 0. The van der Waals surface area contributed by atoms with E-state index in [1.54, 1.807) is 29.5 Å². The van der Waals surface area contributed by atoms with E-state index < -0.39 is 0 Å². The smallest absolute Gasteiger partial charge is 0.258 e. The number of hydrogen-bond donors (Lipinski definition) is 1. The number of rotatable bonds is 4. The third-order valence-corrected chi connectivity index (χ3v) is 6.88. The Labute approximate surface area is 196 Å². The average Bonchev–Trinajstić information content (AvgIpc) is 3.47. The van der Waals surface area contributed by atoms with Crippen molar-refractivity contribution in [1.29, 1.82) is 0 Å². The Kier molecular flexibility index (Phi) is 5.46. The van der Waals surface area contributed by atoms with Crippen molar-refractivity contribution in [2.45, 2.75) is 0 Å². The average molecular weight is 482 g/mol. The summed E-state index contributed by atoms with van der Waals surface area (Å²) in [4.78, 5) is 23.5. The number of nitrogens with one attached hydrogen (secondary N) is 1. The summed E-state index contributed by atoms with van der Waals surface area (Å²) in [5.41, 5.74) is 3.46. The number of halogens is 2. The second-order valence-corrected chi connectivity index (χ2v) is 9.32.